The number of carbonyl (C=O) groups excluding carboxylic acids is 1. The topological polar surface area (TPSA) is 64.3 Å². The van der Waals surface area contributed by atoms with E-state index in [9.17, 15) is 4.79 Å². The third-order valence-corrected chi connectivity index (χ3v) is 2.76. The fourth-order valence-electron chi connectivity index (χ4n) is 1.44. The highest BCUT2D eigenvalue weighted by Gasteiger charge is 2.09. The Morgan fingerprint density at radius 1 is 1.33 bits per heavy atom. The molecule has 18 heavy (non-hydrogen) atoms. The lowest BCUT2D eigenvalue weighted by Gasteiger charge is -2.10. The highest BCUT2D eigenvalue weighted by molar-refractivity contribution is 5.78. The molecule has 100 valence electrons. The molecule has 3 N–H and O–H groups in total. The molecule has 0 radical (unpaired) electrons. The number of nitrogens with two attached hydrogens (primary N) is 1. The molecule has 0 spiro atoms. The Balaban J connectivity index is 2.41. The van der Waals surface area contributed by atoms with Crippen LogP contribution in [0.4, 0.5) is 0 Å². The number of rotatable bonds is 7. The van der Waals surface area contributed by atoms with E-state index in [1.165, 1.54) is 0 Å². The van der Waals surface area contributed by atoms with Crippen LogP contribution in [0.2, 0.25) is 0 Å². The van der Waals surface area contributed by atoms with Crippen molar-refractivity contribution in [2.75, 3.05) is 13.2 Å². The van der Waals surface area contributed by atoms with Crippen LogP contribution in [0.25, 0.3) is 0 Å². The summed E-state index contributed by atoms with van der Waals surface area (Å²) in [6, 6.07) is 8.04. The first-order valence-electron chi connectivity index (χ1n) is 6.30. The standard InChI is InChI=1S/C14H22N2O2/c1-3-18-10-13-6-4-12(5-7-13)9-16-14(17)11(2)8-15/h4-7,11H,3,8-10,15H2,1-2H3,(H,16,17). The van der Waals surface area contributed by atoms with Crippen LogP contribution in [0.15, 0.2) is 24.3 Å². The van der Waals surface area contributed by atoms with Crippen LogP contribution in [0, 0.1) is 5.92 Å². The number of carbonyl (C=O) groups is 1. The molecule has 0 saturated carbocycles. The normalized spacial score (nSPS) is 12.2. The minimum atomic E-state index is -0.137. The van der Waals surface area contributed by atoms with E-state index in [4.69, 9.17) is 10.5 Å². The third kappa shape index (κ3) is 4.85. The van der Waals surface area contributed by atoms with Gasteiger partial charge in [0.2, 0.25) is 5.91 Å². The summed E-state index contributed by atoms with van der Waals surface area (Å²) < 4.78 is 5.32. The third-order valence-electron chi connectivity index (χ3n) is 2.76. The van der Waals surface area contributed by atoms with Gasteiger partial charge in [0.25, 0.3) is 0 Å². The predicted molar refractivity (Wildman–Crippen MR) is 71.8 cm³/mol. The molecule has 0 aliphatic rings. The fraction of sp³-hybridized carbons (Fsp3) is 0.500. The Morgan fingerprint density at radius 3 is 2.50 bits per heavy atom. The maximum absolute atomic E-state index is 11.5. The van der Waals surface area contributed by atoms with E-state index in [1.807, 2.05) is 38.1 Å². The van der Waals surface area contributed by atoms with Crippen LogP contribution >= 0.6 is 0 Å². The molecule has 0 aliphatic carbocycles. The van der Waals surface area contributed by atoms with Crippen LogP contribution < -0.4 is 11.1 Å². The van der Waals surface area contributed by atoms with E-state index in [2.05, 4.69) is 5.32 Å². The summed E-state index contributed by atoms with van der Waals surface area (Å²) in [5.41, 5.74) is 7.65. The molecule has 1 aromatic rings. The van der Waals surface area contributed by atoms with Crippen molar-refractivity contribution in [2.24, 2.45) is 11.7 Å². The van der Waals surface area contributed by atoms with Gasteiger partial charge in [-0.1, -0.05) is 31.2 Å². The molecule has 0 fully saturated rings. The SMILES string of the molecule is CCOCc1ccc(CNC(=O)C(C)CN)cc1. The number of nitrogens with one attached hydrogen (secondary N) is 1. The lowest BCUT2D eigenvalue weighted by Crippen LogP contribution is -2.32. The molecule has 4 heteroatoms. The summed E-state index contributed by atoms with van der Waals surface area (Å²) in [5, 5.41) is 2.86. The largest absolute Gasteiger partial charge is 0.377 e. The number of hydrogen-bond acceptors (Lipinski definition) is 3. The molecule has 4 nitrogen and oxygen atoms in total. The second-order valence-electron chi connectivity index (χ2n) is 4.31. The van der Waals surface area contributed by atoms with E-state index in [0.717, 1.165) is 17.7 Å². The average molecular weight is 250 g/mol. The Morgan fingerprint density at radius 2 is 1.94 bits per heavy atom. The first-order chi connectivity index (χ1) is 8.67. The molecule has 0 heterocycles. The molecule has 1 unspecified atom stereocenters. The summed E-state index contributed by atoms with van der Waals surface area (Å²) in [6.07, 6.45) is 0. The Hall–Kier alpha value is -1.39. The zero-order valence-electron chi connectivity index (χ0n) is 11.1. The van der Waals surface area contributed by atoms with Crippen molar-refractivity contribution in [3.8, 4) is 0 Å². The summed E-state index contributed by atoms with van der Waals surface area (Å²) in [5.74, 6) is -0.141. The molecular weight excluding hydrogens is 228 g/mol. The number of hydrogen-bond donors (Lipinski definition) is 2. The van der Waals surface area contributed by atoms with Gasteiger partial charge in [-0.15, -0.1) is 0 Å². The molecule has 1 rings (SSSR count). The Bertz CT molecular complexity index is 363. The lowest BCUT2D eigenvalue weighted by atomic mass is 10.1. The van der Waals surface area contributed by atoms with Gasteiger partial charge in [0.1, 0.15) is 0 Å². The molecule has 0 bridgehead atoms. The van der Waals surface area contributed by atoms with E-state index < -0.39 is 0 Å². The Kier molecular flexibility index (Phi) is 6.39. The van der Waals surface area contributed by atoms with Crippen LogP contribution in [0.1, 0.15) is 25.0 Å². The smallest absolute Gasteiger partial charge is 0.224 e. The molecule has 1 aromatic carbocycles. The first kappa shape index (κ1) is 14.7. The number of benzene rings is 1. The van der Waals surface area contributed by atoms with Crippen molar-refractivity contribution < 1.29 is 9.53 Å². The maximum Gasteiger partial charge on any atom is 0.224 e. The number of ether oxygens (including phenoxy) is 1. The van der Waals surface area contributed by atoms with Crippen LogP contribution in [0.3, 0.4) is 0 Å². The molecule has 1 atom stereocenters. The zero-order valence-corrected chi connectivity index (χ0v) is 11.1. The van der Waals surface area contributed by atoms with Crippen molar-refractivity contribution >= 4 is 5.91 Å². The van der Waals surface area contributed by atoms with Crippen molar-refractivity contribution in [3.05, 3.63) is 35.4 Å². The van der Waals surface area contributed by atoms with E-state index in [-0.39, 0.29) is 11.8 Å². The van der Waals surface area contributed by atoms with Crippen LogP contribution in [0.5, 0.6) is 0 Å². The minimum absolute atomic E-state index is 0.00380. The second kappa shape index (κ2) is 7.84. The maximum atomic E-state index is 11.5. The van der Waals surface area contributed by atoms with Crippen molar-refractivity contribution in [1.29, 1.82) is 0 Å². The fourth-order valence-corrected chi connectivity index (χ4v) is 1.44. The van der Waals surface area contributed by atoms with Gasteiger partial charge in [0, 0.05) is 25.6 Å². The van der Waals surface area contributed by atoms with Crippen molar-refractivity contribution in [2.45, 2.75) is 27.0 Å². The predicted octanol–water partition coefficient (Wildman–Crippen LogP) is 1.43. The van der Waals surface area contributed by atoms with Crippen molar-refractivity contribution in [3.63, 3.8) is 0 Å². The van der Waals surface area contributed by atoms with Crippen LogP contribution in [-0.2, 0) is 22.7 Å². The summed E-state index contributed by atoms with van der Waals surface area (Å²) in [4.78, 5) is 11.5. The van der Waals surface area contributed by atoms with Gasteiger partial charge in [-0.25, -0.2) is 0 Å². The molecule has 0 saturated heterocycles. The monoisotopic (exact) mass is 250 g/mol. The average Bonchev–Trinajstić information content (AvgIpc) is 2.42. The van der Waals surface area contributed by atoms with Gasteiger partial charge >= 0.3 is 0 Å². The van der Waals surface area contributed by atoms with Gasteiger partial charge in [-0.3, -0.25) is 4.79 Å². The first-order valence-corrected chi connectivity index (χ1v) is 6.30. The molecule has 1 amide bonds. The van der Waals surface area contributed by atoms with Gasteiger partial charge in [0.05, 0.1) is 6.61 Å². The number of amides is 1. The van der Waals surface area contributed by atoms with Crippen molar-refractivity contribution in [1.82, 2.24) is 5.32 Å². The second-order valence-corrected chi connectivity index (χ2v) is 4.31. The van der Waals surface area contributed by atoms with E-state index in [0.29, 0.717) is 19.7 Å². The highest BCUT2D eigenvalue weighted by Crippen LogP contribution is 2.06. The van der Waals surface area contributed by atoms with Gasteiger partial charge in [-0.05, 0) is 18.1 Å². The molecule has 0 aliphatic heterocycles. The van der Waals surface area contributed by atoms with E-state index in [1.54, 1.807) is 0 Å². The van der Waals surface area contributed by atoms with Gasteiger partial charge in [0.15, 0.2) is 0 Å². The summed E-state index contributed by atoms with van der Waals surface area (Å²) >= 11 is 0. The lowest BCUT2D eigenvalue weighted by molar-refractivity contribution is -0.124. The van der Waals surface area contributed by atoms with Gasteiger partial charge in [-0.2, -0.15) is 0 Å². The quantitative estimate of drug-likeness (QED) is 0.769. The molecular formula is C14H22N2O2. The zero-order chi connectivity index (χ0) is 13.4. The van der Waals surface area contributed by atoms with E-state index >= 15 is 0 Å². The summed E-state index contributed by atoms with van der Waals surface area (Å²) in [6.45, 7) is 6.06. The highest BCUT2D eigenvalue weighted by atomic mass is 16.5. The van der Waals surface area contributed by atoms with Gasteiger partial charge < -0.3 is 15.8 Å². The minimum Gasteiger partial charge on any atom is -0.377 e. The summed E-state index contributed by atoms with van der Waals surface area (Å²) in [7, 11) is 0. The molecule has 0 aromatic heterocycles. The van der Waals surface area contributed by atoms with Crippen LogP contribution in [-0.4, -0.2) is 19.1 Å². The Labute approximate surface area is 109 Å².